The van der Waals surface area contributed by atoms with Crippen molar-refractivity contribution in [3.63, 3.8) is 0 Å². The Bertz CT molecular complexity index is 384. The molecule has 3 heteroatoms. The number of hydrogen-bond donors (Lipinski definition) is 2. The Morgan fingerprint density at radius 2 is 2.28 bits per heavy atom. The van der Waals surface area contributed by atoms with Gasteiger partial charge in [-0.3, -0.25) is 0 Å². The van der Waals surface area contributed by atoms with E-state index in [0.717, 1.165) is 18.8 Å². The van der Waals surface area contributed by atoms with Crippen LogP contribution in [0.25, 0.3) is 0 Å². The second-order valence-electron chi connectivity index (χ2n) is 5.32. The maximum Gasteiger partial charge on any atom is 0.120 e. The van der Waals surface area contributed by atoms with Crippen LogP contribution in [0.5, 0.6) is 5.75 Å². The lowest BCUT2D eigenvalue weighted by molar-refractivity contribution is 0.242. The average molecular weight is 248 g/mol. The SMILES string of the molecule is Cc1cc(OC(C)C)ccc1NCC1CCCN1. The van der Waals surface area contributed by atoms with Gasteiger partial charge >= 0.3 is 0 Å². The largest absolute Gasteiger partial charge is 0.491 e. The van der Waals surface area contributed by atoms with Gasteiger partial charge in [-0.25, -0.2) is 0 Å². The van der Waals surface area contributed by atoms with Crippen LogP contribution in [-0.4, -0.2) is 25.2 Å². The maximum atomic E-state index is 5.69. The standard InChI is InChI=1S/C15H24N2O/c1-11(2)18-14-6-7-15(12(3)9-14)17-10-13-5-4-8-16-13/h6-7,9,11,13,16-17H,4-5,8,10H2,1-3H3. The number of nitrogens with one attached hydrogen (secondary N) is 2. The van der Waals surface area contributed by atoms with Crippen molar-refractivity contribution in [2.75, 3.05) is 18.4 Å². The van der Waals surface area contributed by atoms with Crippen LogP contribution in [0.1, 0.15) is 32.3 Å². The van der Waals surface area contributed by atoms with Crippen molar-refractivity contribution in [2.45, 2.75) is 45.8 Å². The fourth-order valence-corrected chi connectivity index (χ4v) is 2.34. The number of hydrogen-bond acceptors (Lipinski definition) is 3. The molecule has 1 aliphatic heterocycles. The molecule has 0 aliphatic carbocycles. The molecule has 0 radical (unpaired) electrons. The van der Waals surface area contributed by atoms with Crippen LogP contribution in [0, 0.1) is 6.92 Å². The van der Waals surface area contributed by atoms with E-state index in [9.17, 15) is 0 Å². The first-order valence-electron chi connectivity index (χ1n) is 6.89. The molecule has 2 rings (SSSR count). The van der Waals surface area contributed by atoms with Crippen molar-refractivity contribution in [1.29, 1.82) is 0 Å². The van der Waals surface area contributed by atoms with Crippen LogP contribution in [0.3, 0.4) is 0 Å². The van der Waals surface area contributed by atoms with Gasteiger partial charge in [-0.15, -0.1) is 0 Å². The van der Waals surface area contributed by atoms with E-state index in [0.29, 0.717) is 6.04 Å². The zero-order chi connectivity index (χ0) is 13.0. The number of rotatable bonds is 5. The van der Waals surface area contributed by atoms with Gasteiger partial charge in [0, 0.05) is 18.3 Å². The average Bonchev–Trinajstić information content (AvgIpc) is 2.80. The van der Waals surface area contributed by atoms with Gasteiger partial charge in [-0.1, -0.05) is 0 Å². The first-order chi connectivity index (χ1) is 8.65. The molecule has 100 valence electrons. The minimum atomic E-state index is 0.228. The fraction of sp³-hybridized carbons (Fsp3) is 0.600. The van der Waals surface area contributed by atoms with E-state index in [1.807, 2.05) is 19.9 Å². The summed E-state index contributed by atoms with van der Waals surface area (Å²) in [6, 6.07) is 6.88. The van der Waals surface area contributed by atoms with Crippen LogP contribution in [-0.2, 0) is 0 Å². The smallest absolute Gasteiger partial charge is 0.120 e. The molecule has 2 N–H and O–H groups in total. The second kappa shape index (κ2) is 6.10. The third kappa shape index (κ3) is 3.64. The van der Waals surface area contributed by atoms with Gasteiger partial charge in [0.05, 0.1) is 6.10 Å². The molecule has 1 saturated heterocycles. The second-order valence-corrected chi connectivity index (χ2v) is 5.32. The maximum absolute atomic E-state index is 5.69. The highest BCUT2D eigenvalue weighted by Crippen LogP contribution is 2.22. The van der Waals surface area contributed by atoms with Crippen LogP contribution >= 0.6 is 0 Å². The summed E-state index contributed by atoms with van der Waals surface area (Å²) in [4.78, 5) is 0. The minimum Gasteiger partial charge on any atom is -0.491 e. The molecule has 1 aromatic rings. The minimum absolute atomic E-state index is 0.228. The monoisotopic (exact) mass is 248 g/mol. The highest BCUT2D eigenvalue weighted by molar-refractivity contribution is 5.53. The summed E-state index contributed by atoms with van der Waals surface area (Å²) in [5.41, 5.74) is 2.45. The molecule has 0 bridgehead atoms. The Morgan fingerprint density at radius 3 is 2.89 bits per heavy atom. The van der Waals surface area contributed by atoms with Crippen molar-refractivity contribution < 1.29 is 4.74 Å². The Hall–Kier alpha value is -1.22. The van der Waals surface area contributed by atoms with E-state index in [1.54, 1.807) is 0 Å². The number of ether oxygens (including phenoxy) is 1. The lowest BCUT2D eigenvalue weighted by Gasteiger charge is -2.16. The van der Waals surface area contributed by atoms with E-state index in [2.05, 4.69) is 29.7 Å². The summed E-state index contributed by atoms with van der Waals surface area (Å²) >= 11 is 0. The predicted molar refractivity (Wildman–Crippen MR) is 76.5 cm³/mol. The molecular weight excluding hydrogens is 224 g/mol. The first-order valence-corrected chi connectivity index (χ1v) is 6.89. The summed E-state index contributed by atoms with van der Waals surface area (Å²) < 4.78 is 5.69. The van der Waals surface area contributed by atoms with Gasteiger partial charge in [-0.05, 0) is 63.9 Å². The molecule has 3 nitrogen and oxygen atoms in total. The fourth-order valence-electron chi connectivity index (χ4n) is 2.34. The molecular formula is C15H24N2O. The van der Waals surface area contributed by atoms with E-state index < -0.39 is 0 Å². The Kier molecular flexibility index (Phi) is 4.48. The van der Waals surface area contributed by atoms with Crippen LogP contribution in [0.4, 0.5) is 5.69 Å². The topological polar surface area (TPSA) is 33.3 Å². The third-order valence-electron chi connectivity index (χ3n) is 3.27. The molecule has 0 spiro atoms. The Morgan fingerprint density at radius 1 is 1.44 bits per heavy atom. The predicted octanol–water partition coefficient (Wildman–Crippen LogP) is 2.95. The van der Waals surface area contributed by atoms with Crippen molar-refractivity contribution >= 4 is 5.69 Å². The van der Waals surface area contributed by atoms with Crippen molar-refractivity contribution in [1.82, 2.24) is 5.32 Å². The molecule has 1 aromatic carbocycles. The van der Waals surface area contributed by atoms with E-state index in [1.165, 1.54) is 24.1 Å². The van der Waals surface area contributed by atoms with Crippen LogP contribution in [0.15, 0.2) is 18.2 Å². The van der Waals surface area contributed by atoms with Gasteiger partial charge in [0.1, 0.15) is 5.75 Å². The van der Waals surface area contributed by atoms with Crippen LogP contribution < -0.4 is 15.4 Å². The number of anilines is 1. The molecule has 1 heterocycles. The number of benzene rings is 1. The molecule has 1 unspecified atom stereocenters. The summed E-state index contributed by atoms with van der Waals surface area (Å²) in [5.74, 6) is 0.951. The zero-order valence-corrected chi connectivity index (χ0v) is 11.6. The quantitative estimate of drug-likeness (QED) is 0.840. The van der Waals surface area contributed by atoms with Crippen LogP contribution in [0.2, 0.25) is 0 Å². The van der Waals surface area contributed by atoms with E-state index >= 15 is 0 Å². The van der Waals surface area contributed by atoms with Crippen molar-refractivity contribution in [3.05, 3.63) is 23.8 Å². The summed E-state index contributed by atoms with van der Waals surface area (Å²) in [6.45, 7) is 8.38. The molecule has 18 heavy (non-hydrogen) atoms. The van der Waals surface area contributed by atoms with E-state index in [-0.39, 0.29) is 6.10 Å². The molecule has 1 fully saturated rings. The van der Waals surface area contributed by atoms with Gasteiger partial charge in [0.2, 0.25) is 0 Å². The third-order valence-corrected chi connectivity index (χ3v) is 3.27. The molecule has 0 aromatic heterocycles. The highest BCUT2D eigenvalue weighted by Gasteiger charge is 2.13. The first kappa shape index (κ1) is 13.2. The van der Waals surface area contributed by atoms with Crippen molar-refractivity contribution in [3.8, 4) is 5.75 Å². The number of aryl methyl sites for hydroxylation is 1. The van der Waals surface area contributed by atoms with Gasteiger partial charge in [0.25, 0.3) is 0 Å². The summed E-state index contributed by atoms with van der Waals surface area (Å²) in [7, 11) is 0. The van der Waals surface area contributed by atoms with Gasteiger partial charge < -0.3 is 15.4 Å². The Labute approximate surface area is 110 Å². The lowest BCUT2D eigenvalue weighted by atomic mass is 10.1. The summed E-state index contributed by atoms with van der Waals surface area (Å²) in [5, 5.41) is 7.01. The lowest BCUT2D eigenvalue weighted by Crippen LogP contribution is -2.29. The Balaban J connectivity index is 1.92. The van der Waals surface area contributed by atoms with Crippen molar-refractivity contribution in [2.24, 2.45) is 0 Å². The molecule has 0 saturated carbocycles. The van der Waals surface area contributed by atoms with E-state index in [4.69, 9.17) is 4.74 Å². The normalized spacial score (nSPS) is 19.2. The molecule has 0 amide bonds. The molecule has 1 atom stereocenters. The van der Waals surface area contributed by atoms with Gasteiger partial charge in [-0.2, -0.15) is 0 Å². The molecule has 1 aliphatic rings. The summed E-state index contributed by atoms with van der Waals surface area (Å²) in [6.07, 6.45) is 2.80. The zero-order valence-electron chi connectivity index (χ0n) is 11.6. The highest BCUT2D eigenvalue weighted by atomic mass is 16.5. The van der Waals surface area contributed by atoms with Gasteiger partial charge in [0.15, 0.2) is 0 Å².